The van der Waals surface area contributed by atoms with Crippen molar-refractivity contribution in [2.24, 2.45) is 7.05 Å². The average Bonchev–Trinajstić information content (AvgIpc) is 2.98. The molecule has 1 aromatic carbocycles. The number of benzene rings is 1. The van der Waals surface area contributed by atoms with E-state index in [1.807, 2.05) is 18.2 Å². The maximum absolute atomic E-state index is 11.3. The van der Waals surface area contributed by atoms with Gasteiger partial charge in [0.05, 0.1) is 6.04 Å². The highest BCUT2D eigenvalue weighted by Crippen LogP contribution is 2.27. The second-order valence-electron chi connectivity index (χ2n) is 6.50. The molecule has 0 amide bonds. The molecular formula is C17H24N6O2. The van der Waals surface area contributed by atoms with Gasteiger partial charge in [0.15, 0.2) is 0 Å². The van der Waals surface area contributed by atoms with Gasteiger partial charge in [0.25, 0.3) is 0 Å². The Balaban J connectivity index is 1.82. The molecule has 0 radical (unpaired) electrons. The van der Waals surface area contributed by atoms with Crippen molar-refractivity contribution in [3.05, 3.63) is 52.3 Å². The summed E-state index contributed by atoms with van der Waals surface area (Å²) in [7, 11) is 3.89. The van der Waals surface area contributed by atoms with Gasteiger partial charge in [-0.25, -0.2) is 0 Å². The molecule has 1 aromatic heterocycles. The molecule has 0 saturated carbocycles. The second kappa shape index (κ2) is 7.62. The molecule has 0 spiro atoms. The number of rotatable bonds is 6. The minimum Gasteiger partial charge on any atom is -0.358 e. The van der Waals surface area contributed by atoms with E-state index in [-0.39, 0.29) is 11.9 Å². The predicted molar refractivity (Wildman–Crippen MR) is 96.6 cm³/mol. The summed E-state index contributed by atoms with van der Waals surface area (Å²) >= 11 is 0. The van der Waals surface area contributed by atoms with E-state index in [9.17, 15) is 10.1 Å². The summed E-state index contributed by atoms with van der Waals surface area (Å²) in [6.07, 6.45) is 1.47. The third-order valence-corrected chi connectivity index (χ3v) is 4.64. The molecule has 134 valence electrons. The van der Waals surface area contributed by atoms with Crippen molar-refractivity contribution in [3.8, 4) is 0 Å². The molecule has 1 saturated heterocycles. The Labute approximate surface area is 147 Å². The third kappa shape index (κ3) is 4.15. The van der Waals surface area contributed by atoms with Gasteiger partial charge < -0.3 is 20.3 Å². The van der Waals surface area contributed by atoms with Crippen LogP contribution in [0, 0.1) is 10.1 Å². The lowest BCUT2D eigenvalue weighted by Gasteiger charge is -2.35. The van der Waals surface area contributed by atoms with Gasteiger partial charge in [0, 0.05) is 39.8 Å². The zero-order valence-electron chi connectivity index (χ0n) is 14.6. The third-order valence-electron chi connectivity index (χ3n) is 4.64. The zero-order valence-corrected chi connectivity index (χ0v) is 14.6. The van der Waals surface area contributed by atoms with Crippen LogP contribution in [0.5, 0.6) is 0 Å². The number of nitrogens with zero attached hydrogens (tertiary/aromatic N) is 5. The Morgan fingerprint density at radius 2 is 1.88 bits per heavy atom. The first-order valence-corrected chi connectivity index (χ1v) is 8.42. The molecule has 1 N–H and O–H groups in total. The largest absolute Gasteiger partial charge is 0.406 e. The first-order valence-electron chi connectivity index (χ1n) is 8.42. The number of aryl methyl sites for hydroxylation is 1. The van der Waals surface area contributed by atoms with Gasteiger partial charge in [0.1, 0.15) is 0 Å². The van der Waals surface area contributed by atoms with Crippen molar-refractivity contribution in [2.75, 3.05) is 45.1 Å². The lowest BCUT2D eigenvalue weighted by molar-refractivity contribution is -0.388. The van der Waals surface area contributed by atoms with Crippen LogP contribution < -0.4 is 5.32 Å². The smallest absolute Gasteiger partial charge is 0.358 e. The Bertz CT molecular complexity index is 709. The van der Waals surface area contributed by atoms with Crippen LogP contribution in [0.15, 0.2) is 36.7 Å². The lowest BCUT2D eigenvalue weighted by Crippen LogP contribution is -2.46. The van der Waals surface area contributed by atoms with Crippen molar-refractivity contribution >= 4 is 11.6 Å². The van der Waals surface area contributed by atoms with E-state index in [2.05, 4.69) is 39.3 Å². The summed E-state index contributed by atoms with van der Waals surface area (Å²) in [6.45, 7) is 4.85. The molecule has 2 aromatic rings. The van der Waals surface area contributed by atoms with Crippen LogP contribution in [0.4, 0.5) is 11.6 Å². The van der Waals surface area contributed by atoms with Gasteiger partial charge in [-0.05, 0) is 22.5 Å². The number of imidazole rings is 1. The Morgan fingerprint density at radius 1 is 1.20 bits per heavy atom. The number of nitrogens with one attached hydrogen (secondary N) is 1. The maximum Gasteiger partial charge on any atom is 0.406 e. The van der Waals surface area contributed by atoms with E-state index in [0.717, 1.165) is 38.3 Å². The predicted octanol–water partition coefficient (Wildman–Crippen LogP) is 1.73. The van der Waals surface area contributed by atoms with Crippen molar-refractivity contribution in [1.29, 1.82) is 0 Å². The first-order chi connectivity index (χ1) is 12.0. The molecule has 0 aliphatic carbocycles. The minimum atomic E-state index is -0.444. The molecule has 1 aliphatic heterocycles. The highest BCUT2D eigenvalue weighted by molar-refractivity contribution is 5.53. The SMILES string of the molecule is CN1CCN(C[C@H](Nc2c([N+](=O)[O-])ncn2C)c2ccccc2)CC1. The summed E-state index contributed by atoms with van der Waals surface area (Å²) in [5.74, 6) is 0.301. The molecule has 0 unspecified atom stereocenters. The van der Waals surface area contributed by atoms with Gasteiger partial charge in [-0.2, -0.15) is 0 Å². The van der Waals surface area contributed by atoms with Crippen LogP contribution in [0.25, 0.3) is 0 Å². The van der Waals surface area contributed by atoms with E-state index in [4.69, 9.17) is 0 Å². The van der Waals surface area contributed by atoms with Crippen molar-refractivity contribution in [3.63, 3.8) is 0 Å². The van der Waals surface area contributed by atoms with Crippen LogP contribution in [0.3, 0.4) is 0 Å². The summed E-state index contributed by atoms with van der Waals surface area (Å²) < 4.78 is 1.66. The molecule has 1 aliphatic rings. The van der Waals surface area contributed by atoms with E-state index in [1.165, 1.54) is 6.33 Å². The quantitative estimate of drug-likeness (QED) is 0.635. The van der Waals surface area contributed by atoms with Crippen LogP contribution >= 0.6 is 0 Å². The van der Waals surface area contributed by atoms with E-state index in [1.54, 1.807) is 11.6 Å². The van der Waals surface area contributed by atoms with Crippen LogP contribution in [-0.4, -0.2) is 64.0 Å². The summed E-state index contributed by atoms with van der Waals surface area (Å²) in [5.41, 5.74) is 1.11. The van der Waals surface area contributed by atoms with Crippen LogP contribution in [0.1, 0.15) is 11.6 Å². The molecule has 8 nitrogen and oxygen atoms in total. The minimum absolute atomic E-state index is 0.0429. The fourth-order valence-corrected chi connectivity index (χ4v) is 3.09. The lowest BCUT2D eigenvalue weighted by atomic mass is 10.1. The Morgan fingerprint density at radius 3 is 2.52 bits per heavy atom. The molecule has 2 heterocycles. The van der Waals surface area contributed by atoms with Gasteiger partial charge in [-0.3, -0.25) is 9.47 Å². The van der Waals surface area contributed by atoms with Gasteiger partial charge in [-0.1, -0.05) is 30.3 Å². The maximum atomic E-state index is 11.3. The van der Waals surface area contributed by atoms with Gasteiger partial charge in [-0.15, -0.1) is 0 Å². The topological polar surface area (TPSA) is 79.5 Å². The highest BCUT2D eigenvalue weighted by Gasteiger charge is 2.25. The number of nitro groups is 1. The Hall–Kier alpha value is -2.45. The molecule has 0 bridgehead atoms. The fraction of sp³-hybridized carbons (Fsp3) is 0.471. The molecule has 8 heteroatoms. The molecule has 1 atom stereocenters. The average molecular weight is 344 g/mol. The highest BCUT2D eigenvalue weighted by atomic mass is 16.6. The first kappa shape index (κ1) is 17.4. The van der Waals surface area contributed by atoms with E-state index >= 15 is 0 Å². The van der Waals surface area contributed by atoms with Crippen LogP contribution in [-0.2, 0) is 7.05 Å². The van der Waals surface area contributed by atoms with E-state index in [0.29, 0.717) is 5.82 Å². The molecule has 1 fully saturated rings. The van der Waals surface area contributed by atoms with Crippen molar-refractivity contribution < 1.29 is 4.92 Å². The van der Waals surface area contributed by atoms with Gasteiger partial charge >= 0.3 is 5.82 Å². The fourth-order valence-electron chi connectivity index (χ4n) is 3.09. The number of piperazine rings is 1. The van der Waals surface area contributed by atoms with Crippen molar-refractivity contribution in [1.82, 2.24) is 19.4 Å². The molecule has 3 rings (SSSR count). The number of hydrogen-bond acceptors (Lipinski definition) is 6. The monoisotopic (exact) mass is 344 g/mol. The van der Waals surface area contributed by atoms with E-state index < -0.39 is 4.92 Å². The standard InChI is InChI=1S/C17H24N6O2/c1-20-8-10-22(11-9-20)12-15(14-6-4-3-5-7-14)19-17-16(23(24)25)18-13-21(17)2/h3-7,13,15,19H,8-12H2,1-2H3/t15-/m0/s1. The Kier molecular flexibility index (Phi) is 5.30. The number of anilines is 1. The number of likely N-dealkylation sites (N-methyl/N-ethyl adjacent to an activating group) is 1. The molecule has 25 heavy (non-hydrogen) atoms. The number of hydrogen-bond donors (Lipinski definition) is 1. The van der Waals surface area contributed by atoms with Gasteiger partial charge in [0.2, 0.25) is 12.1 Å². The van der Waals surface area contributed by atoms with Crippen molar-refractivity contribution in [2.45, 2.75) is 6.04 Å². The molecular weight excluding hydrogens is 320 g/mol. The number of aromatic nitrogens is 2. The normalized spacial score (nSPS) is 17.4. The second-order valence-corrected chi connectivity index (χ2v) is 6.50. The summed E-state index contributed by atoms with van der Waals surface area (Å²) in [4.78, 5) is 19.4. The summed E-state index contributed by atoms with van der Waals surface area (Å²) in [5, 5.41) is 14.6. The zero-order chi connectivity index (χ0) is 17.8. The summed E-state index contributed by atoms with van der Waals surface area (Å²) in [6, 6.07) is 10.0. The van der Waals surface area contributed by atoms with Crippen LogP contribution in [0.2, 0.25) is 0 Å².